The topological polar surface area (TPSA) is 66.5 Å². The maximum absolute atomic E-state index is 12.3. The van der Waals surface area contributed by atoms with Crippen LogP contribution in [0.3, 0.4) is 0 Å². The van der Waals surface area contributed by atoms with Gasteiger partial charge in [-0.3, -0.25) is 4.79 Å². The van der Waals surface area contributed by atoms with Crippen molar-refractivity contribution in [2.24, 2.45) is 0 Å². The molecular weight excluding hydrogens is 324 g/mol. The normalized spacial score (nSPS) is 22.0. The number of piperidine rings is 1. The predicted molar refractivity (Wildman–Crippen MR) is 94.4 cm³/mol. The summed E-state index contributed by atoms with van der Waals surface area (Å²) in [4.78, 5) is 12.3. The second-order valence-corrected chi connectivity index (χ2v) is 9.00. The third kappa shape index (κ3) is 4.36. The lowest BCUT2D eigenvalue weighted by atomic mass is 9.90. The number of carbonyl (C=O) groups is 1. The molecule has 1 aromatic carbocycles. The molecule has 24 heavy (non-hydrogen) atoms. The SMILES string of the molecule is CS(=O)(=O)N1CCCC(NC(=O)Cc2ccc3c(c2)CCCC3)C1. The zero-order valence-electron chi connectivity index (χ0n) is 14.3. The van der Waals surface area contributed by atoms with E-state index in [1.54, 1.807) is 0 Å². The highest BCUT2D eigenvalue weighted by Gasteiger charge is 2.26. The number of fused-ring (bicyclic) bond motifs is 1. The van der Waals surface area contributed by atoms with Crippen LogP contribution in [0.5, 0.6) is 0 Å². The summed E-state index contributed by atoms with van der Waals surface area (Å²) >= 11 is 0. The van der Waals surface area contributed by atoms with Crippen molar-refractivity contribution in [2.45, 2.75) is 51.0 Å². The van der Waals surface area contributed by atoms with Crippen molar-refractivity contribution in [3.8, 4) is 0 Å². The Balaban J connectivity index is 1.57. The Labute approximate surface area is 144 Å². The van der Waals surface area contributed by atoms with Gasteiger partial charge >= 0.3 is 0 Å². The van der Waals surface area contributed by atoms with E-state index in [1.807, 2.05) is 6.07 Å². The first-order chi connectivity index (χ1) is 11.4. The van der Waals surface area contributed by atoms with Crippen LogP contribution in [0.25, 0.3) is 0 Å². The molecule has 1 heterocycles. The minimum atomic E-state index is -3.18. The summed E-state index contributed by atoms with van der Waals surface area (Å²) in [7, 11) is -3.18. The van der Waals surface area contributed by atoms with E-state index in [0.717, 1.165) is 31.2 Å². The monoisotopic (exact) mass is 350 g/mol. The van der Waals surface area contributed by atoms with E-state index >= 15 is 0 Å². The molecule has 3 rings (SSSR count). The van der Waals surface area contributed by atoms with Crippen LogP contribution in [0.4, 0.5) is 0 Å². The second-order valence-electron chi connectivity index (χ2n) is 7.01. The van der Waals surface area contributed by atoms with Crippen LogP contribution in [0.2, 0.25) is 0 Å². The van der Waals surface area contributed by atoms with Gasteiger partial charge < -0.3 is 5.32 Å². The fourth-order valence-corrected chi connectivity index (χ4v) is 4.63. The van der Waals surface area contributed by atoms with Crippen LogP contribution < -0.4 is 5.32 Å². The van der Waals surface area contributed by atoms with Crippen LogP contribution in [-0.2, 0) is 34.1 Å². The Bertz CT molecular complexity index is 715. The molecule has 6 heteroatoms. The van der Waals surface area contributed by atoms with Crippen LogP contribution >= 0.6 is 0 Å². The Morgan fingerprint density at radius 2 is 1.96 bits per heavy atom. The van der Waals surface area contributed by atoms with Gasteiger partial charge in [0.1, 0.15) is 0 Å². The molecule has 1 aliphatic heterocycles. The smallest absolute Gasteiger partial charge is 0.224 e. The van der Waals surface area contributed by atoms with Gasteiger partial charge in [0.25, 0.3) is 0 Å². The second kappa shape index (κ2) is 7.23. The third-order valence-corrected chi connectivity index (χ3v) is 6.27. The molecule has 1 aliphatic carbocycles. The zero-order valence-corrected chi connectivity index (χ0v) is 15.1. The number of hydrogen-bond donors (Lipinski definition) is 1. The van der Waals surface area contributed by atoms with Crippen LogP contribution in [0.15, 0.2) is 18.2 Å². The lowest BCUT2D eigenvalue weighted by Gasteiger charge is -2.31. The molecule has 1 fully saturated rings. The van der Waals surface area contributed by atoms with E-state index in [4.69, 9.17) is 0 Å². The number of hydrogen-bond acceptors (Lipinski definition) is 3. The van der Waals surface area contributed by atoms with Gasteiger partial charge in [-0.2, -0.15) is 0 Å². The van der Waals surface area contributed by atoms with E-state index in [0.29, 0.717) is 19.5 Å². The molecule has 0 radical (unpaired) electrons. The summed E-state index contributed by atoms with van der Waals surface area (Å²) in [5, 5.41) is 3.00. The Morgan fingerprint density at radius 3 is 2.71 bits per heavy atom. The quantitative estimate of drug-likeness (QED) is 0.898. The van der Waals surface area contributed by atoms with E-state index in [-0.39, 0.29) is 11.9 Å². The van der Waals surface area contributed by atoms with Gasteiger partial charge in [-0.1, -0.05) is 18.2 Å². The molecule has 1 aromatic rings. The number of aryl methyl sites for hydroxylation is 2. The summed E-state index contributed by atoms with van der Waals surface area (Å²) in [6.07, 6.45) is 7.95. The summed E-state index contributed by atoms with van der Waals surface area (Å²) in [5.74, 6) is -0.0221. The Hall–Kier alpha value is -1.40. The third-order valence-electron chi connectivity index (χ3n) is 5.00. The number of nitrogens with zero attached hydrogens (tertiary/aromatic N) is 1. The zero-order chi connectivity index (χ0) is 17.2. The van der Waals surface area contributed by atoms with Gasteiger partial charge in [0.15, 0.2) is 0 Å². The van der Waals surface area contributed by atoms with Crippen molar-refractivity contribution in [3.63, 3.8) is 0 Å². The molecule has 0 spiro atoms. The van der Waals surface area contributed by atoms with Crippen molar-refractivity contribution in [3.05, 3.63) is 34.9 Å². The average molecular weight is 350 g/mol. The lowest BCUT2D eigenvalue weighted by molar-refractivity contribution is -0.121. The maximum Gasteiger partial charge on any atom is 0.224 e. The van der Waals surface area contributed by atoms with E-state index in [9.17, 15) is 13.2 Å². The highest BCUT2D eigenvalue weighted by atomic mass is 32.2. The molecule has 2 aliphatic rings. The molecule has 132 valence electrons. The number of sulfonamides is 1. The standard InChI is InChI=1S/C18H26N2O3S/c1-24(22,23)20-10-4-7-17(13-20)19-18(21)12-14-8-9-15-5-2-3-6-16(15)11-14/h8-9,11,17H,2-7,10,12-13H2,1H3,(H,19,21). The minimum absolute atomic E-state index is 0.0221. The molecule has 0 saturated carbocycles. The molecule has 1 amide bonds. The van der Waals surface area contributed by atoms with Crippen LogP contribution in [0.1, 0.15) is 42.4 Å². The number of amides is 1. The fraction of sp³-hybridized carbons (Fsp3) is 0.611. The van der Waals surface area contributed by atoms with Gasteiger partial charge in [-0.05, 0) is 55.2 Å². The van der Waals surface area contributed by atoms with Gasteiger partial charge in [0.2, 0.25) is 15.9 Å². The van der Waals surface area contributed by atoms with Crippen LogP contribution in [0, 0.1) is 0 Å². The molecule has 0 bridgehead atoms. The maximum atomic E-state index is 12.3. The van der Waals surface area contributed by atoms with Crippen molar-refractivity contribution in [1.82, 2.24) is 9.62 Å². The van der Waals surface area contributed by atoms with E-state index < -0.39 is 10.0 Å². The molecule has 1 unspecified atom stereocenters. The predicted octanol–water partition coefficient (Wildman–Crippen LogP) is 1.65. The van der Waals surface area contributed by atoms with Crippen molar-refractivity contribution in [2.75, 3.05) is 19.3 Å². The number of nitrogens with one attached hydrogen (secondary N) is 1. The Kier molecular flexibility index (Phi) is 5.25. The van der Waals surface area contributed by atoms with Crippen molar-refractivity contribution >= 4 is 15.9 Å². The Morgan fingerprint density at radius 1 is 1.21 bits per heavy atom. The molecular formula is C18H26N2O3S. The lowest BCUT2D eigenvalue weighted by Crippen LogP contribution is -2.49. The molecule has 5 nitrogen and oxygen atoms in total. The average Bonchev–Trinajstić information content (AvgIpc) is 2.54. The first-order valence-corrected chi connectivity index (χ1v) is 10.6. The first kappa shape index (κ1) is 17.4. The van der Waals surface area contributed by atoms with E-state index in [2.05, 4.69) is 17.4 Å². The summed E-state index contributed by atoms with van der Waals surface area (Å²) < 4.78 is 24.8. The number of carbonyl (C=O) groups excluding carboxylic acids is 1. The van der Waals surface area contributed by atoms with Gasteiger partial charge in [0, 0.05) is 19.1 Å². The fourth-order valence-electron chi connectivity index (χ4n) is 3.72. The summed E-state index contributed by atoms with van der Waals surface area (Å²) in [6.45, 7) is 0.935. The van der Waals surface area contributed by atoms with Crippen LogP contribution in [-0.4, -0.2) is 44.0 Å². The van der Waals surface area contributed by atoms with Crippen molar-refractivity contribution in [1.29, 1.82) is 0 Å². The highest BCUT2D eigenvalue weighted by Crippen LogP contribution is 2.22. The van der Waals surface area contributed by atoms with Gasteiger partial charge in [-0.25, -0.2) is 12.7 Å². The van der Waals surface area contributed by atoms with Gasteiger partial charge in [0.05, 0.1) is 12.7 Å². The largest absolute Gasteiger partial charge is 0.352 e. The molecule has 1 N–H and O–H groups in total. The van der Waals surface area contributed by atoms with Gasteiger partial charge in [-0.15, -0.1) is 0 Å². The molecule has 1 atom stereocenters. The molecule has 0 aromatic heterocycles. The van der Waals surface area contributed by atoms with E-state index in [1.165, 1.54) is 34.5 Å². The van der Waals surface area contributed by atoms with Crippen molar-refractivity contribution < 1.29 is 13.2 Å². The highest BCUT2D eigenvalue weighted by molar-refractivity contribution is 7.88. The molecule has 1 saturated heterocycles. The summed E-state index contributed by atoms with van der Waals surface area (Å²) in [5.41, 5.74) is 3.85. The number of benzene rings is 1. The number of rotatable bonds is 4. The first-order valence-electron chi connectivity index (χ1n) is 8.77. The summed E-state index contributed by atoms with van der Waals surface area (Å²) in [6, 6.07) is 6.28. The minimum Gasteiger partial charge on any atom is -0.352 e.